The van der Waals surface area contributed by atoms with E-state index >= 15 is 0 Å². The molecule has 3 N–H and O–H groups in total. The Labute approximate surface area is 94.8 Å². The first-order chi connectivity index (χ1) is 7.19. The molecule has 0 fully saturated rings. The lowest BCUT2D eigenvalue weighted by Crippen LogP contribution is -2.41. The summed E-state index contributed by atoms with van der Waals surface area (Å²) in [6.07, 6.45) is 0.364. The molecule has 0 bridgehead atoms. The first-order valence-electron chi connectivity index (χ1n) is 5.27. The van der Waals surface area contributed by atoms with E-state index in [1.807, 2.05) is 31.4 Å². The van der Waals surface area contributed by atoms with Gasteiger partial charge in [0.25, 0.3) is 0 Å². The third kappa shape index (κ3) is 3.57. The van der Waals surface area contributed by atoms with Gasteiger partial charge >= 0.3 is 0 Å². The Morgan fingerprint density at radius 1 is 1.53 bits per heavy atom. The molecule has 0 aromatic carbocycles. The van der Waals surface area contributed by atoms with Crippen molar-refractivity contribution in [3.8, 4) is 0 Å². The van der Waals surface area contributed by atoms with Gasteiger partial charge in [-0.05, 0) is 24.8 Å². The zero-order valence-corrected chi connectivity index (χ0v) is 10.00. The van der Waals surface area contributed by atoms with E-state index in [4.69, 9.17) is 5.11 Å². The van der Waals surface area contributed by atoms with Crippen molar-refractivity contribution >= 4 is 11.3 Å². The monoisotopic (exact) mass is 229 g/mol. The van der Waals surface area contributed by atoms with Crippen LogP contribution in [0.25, 0.3) is 0 Å². The lowest BCUT2D eigenvalue weighted by molar-refractivity contribution is 0.121. The van der Waals surface area contributed by atoms with Crippen LogP contribution >= 0.6 is 11.3 Å². The summed E-state index contributed by atoms with van der Waals surface area (Å²) in [7, 11) is 0. The van der Waals surface area contributed by atoms with E-state index in [0.29, 0.717) is 0 Å². The summed E-state index contributed by atoms with van der Waals surface area (Å²) in [5.74, 6) is 0. The number of rotatable bonds is 6. The molecule has 0 amide bonds. The van der Waals surface area contributed by atoms with Crippen LogP contribution in [0.4, 0.5) is 0 Å². The molecule has 0 spiro atoms. The highest BCUT2D eigenvalue weighted by Crippen LogP contribution is 2.21. The van der Waals surface area contributed by atoms with Crippen LogP contribution in [0, 0.1) is 0 Å². The maximum atomic E-state index is 9.98. The molecule has 3 nitrogen and oxygen atoms in total. The molecule has 1 aromatic rings. The fraction of sp³-hybridized carbons (Fsp3) is 0.636. The molecule has 0 saturated carbocycles. The number of nitrogens with one attached hydrogen (secondary N) is 1. The Bertz CT molecular complexity index is 260. The number of thiophene rings is 1. The molecule has 0 aliphatic heterocycles. The molecule has 0 aliphatic rings. The van der Waals surface area contributed by atoms with Gasteiger partial charge < -0.3 is 15.5 Å². The number of aliphatic hydroxyl groups excluding tert-OH is 2. The molecular formula is C11H19NO2S. The Hall–Kier alpha value is -0.420. The van der Waals surface area contributed by atoms with Gasteiger partial charge in [0.15, 0.2) is 0 Å². The lowest BCUT2D eigenvalue weighted by Gasteiger charge is -2.24. The van der Waals surface area contributed by atoms with Crippen LogP contribution in [0.3, 0.4) is 0 Å². The second kappa shape index (κ2) is 6.23. The van der Waals surface area contributed by atoms with Crippen LogP contribution in [-0.2, 0) is 0 Å². The van der Waals surface area contributed by atoms with Gasteiger partial charge in [0.05, 0.1) is 6.61 Å². The van der Waals surface area contributed by atoms with Crippen LogP contribution in [-0.4, -0.2) is 28.9 Å². The van der Waals surface area contributed by atoms with Gasteiger partial charge in [-0.25, -0.2) is 0 Å². The highest BCUT2D eigenvalue weighted by atomic mass is 32.1. The second-order valence-corrected chi connectivity index (χ2v) is 4.68. The SMILES string of the molecule is CCC(CO)NC(C)C(O)c1cccs1. The summed E-state index contributed by atoms with van der Waals surface area (Å²) < 4.78 is 0. The largest absolute Gasteiger partial charge is 0.395 e. The topological polar surface area (TPSA) is 52.5 Å². The highest BCUT2D eigenvalue weighted by Gasteiger charge is 2.19. The summed E-state index contributed by atoms with van der Waals surface area (Å²) in [5, 5.41) is 24.2. The summed E-state index contributed by atoms with van der Waals surface area (Å²) in [4.78, 5) is 0.961. The lowest BCUT2D eigenvalue weighted by atomic mass is 10.1. The Balaban J connectivity index is 2.49. The van der Waals surface area contributed by atoms with Crippen LogP contribution in [0.5, 0.6) is 0 Å². The minimum Gasteiger partial charge on any atom is -0.395 e. The summed E-state index contributed by atoms with van der Waals surface area (Å²) in [5.41, 5.74) is 0. The molecule has 0 radical (unpaired) electrons. The normalized spacial score (nSPS) is 17.3. The van der Waals surface area contributed by atoms with E-state index in [9.17, 15) is 5.11 Å². The summed E-state index contributed by atoms with van der Waals surface area (Å²) in [6.45, 7) is 4.05. The quantitative estimate of drug-likeness (QED) is 0.693. The van der Waals surface area contributed by atoms with Gasteiger partial charge in [0.1, 0.15) is 6.10 Å². The third-order valence-corrected chi connectivity index (χ3v) is 3.46. The Morgan fingerprint density at radius 3 is 2.73 bits per heavy atom. The van der Waals surface area contributed by atoms with E-state index in [2.05, 4.69) is 5.32 Å². The van der Waals surface area contributed by atoms with Crippen LogP contribution < -0.4 is 5.32 Å². The van der Waals surface area contributed by atoms with Gasteiger partial charge in [-0.1, -0.05) is 13.0 Å². The van der Waals surface area contributed by atoms with Crippen molar-refractivity contribution in [2.45, 2.75) is 38.5 Å². The van der Waals surface area contributed by atoms with E-state index < -0.39 is 6.10 Å². The summed E-state index contributed by atoms with van der Waals surface area (Å²) in [6, 6.07) is 3.88. The number of hydrogen-bond donors (Lipinski definition) is 3. The van der Waals surface area contributed by atoms with Crippen LogP contribution in [0.15, 0.2) is 17.5 Å². The molecule has 86 valence electrons. The molecule has 1 aromatic heterocycles. The maximum absolute atomic E-state index is 9.98. The maximum Gasteiger partial charge on any atom is 0.103 e. The van der Waals surface area contributed by atoms with Crippen molar-refractivity contribution in [3.05, 3.63) is 22.4 Å². The molecule has 4 heteroatoms. The molecule has 3 unspecified atom stereocenters. The zero-order valence-electron chi connectivity index (χ0n) is 9.18. The minimum absolute atomic E-state index is 0.0410. The predicted octanol–water partition coefficient (Wildman–Crippen LogP) is 1.53. The van der Waals surface area contributed by atoms with Gasteiger partial charge in [0.2, 0.25) is 0 Å². The Morgan fingerprint density at radius 2 is 2.27 bits per heavy atom. The average molecular weight is 229 g/mol. The zero-order chi connectivity index (χ0) is 11.3. The van der Waals surface area contributed by atoms with Crippen molar-refractivity contribution in [1.29, 1.82) is 0 Å². The fourth-order valence-corrected chi connectivity index (χ4v) is 2.28. The van der Waals surface area contributed by atoms with Gasteiger partial charge in [-0.2, -0.15) is 0 Å². The van der Waals surface area contributed by atoms with Gasteiger partial charge in [0, 0.05) is 17.0 Å². The van der Waals surface area contributed by atoms with Gasteiger partial charge in [-0.15, -0.1) is 11.3 Å². The Kier molecular flexibility index (Phi) is 5.25. The molecule has 0 aliphatic carbocycles. The fourth-order valence-electron chi connectivity index (χ4n) is 1.47. The molecular weight excluding hydrogens is 210 g/mol. The van der Waals surface area contributed by atoms with E-state index in [0.717, 1.165) is 11.3 Å². The van der Waals surface area contributed by atoms with Crippen LogP contribution in [0.2, 0.25) is 0 Å². The first kappa shape index (κ1) is 12.6. The van der Waals surface area contributed by atoms with Crippen molar-refractivity contribution in [2.75, 3.05) is 6.61 Å². The van der Waals surface area contributed by atoms with Crippen molar-refractivity contribution < 1.29 is 10.2 Å². The van der Waals surface area contributed by atoms with E-state index in [1.54, 1.807) is 11.3 Å². The molecule has 1 rings (SSSR count). The van der Waals surface area contributed by atoms with Gasteiger partial charge in [-0.3, -0.25) is 0 Å². The molecule has 3 atom stereocenters. The standard InChI is InChI=1S/C11H19NO2S/c1-3-9(7-13)12-8(2)11(14)10-5-4-6-15-10/h4-6,8-9,11-14H,3,7H2,1-2H3. The average Bonchev–Trinajstić information content (AvgIpc) is 2.77. The number of aliphatic hydroxyl groups is 2. The molecule has 0 saturated heterocycles. The minimum atomic E-state index is -0.495. The van der Waals surface area contributed by atoms with Crippen molar-refractivity contribution in [2.24, 2.45) is 0 Å². The molecule has 1 heterocycles. The first-order valence-corrected chi connectivity index (χ1v) is 6.15. The highest BCUT2D eigenvalue weighted by molar-refractivity contribution is 7.10. The second-order valence-electron chi connectivity index (χ2n) is 3.70. The summed E-state index contributed by atoms with van der Waals surface area (Å²) >= 11 is 1.55. The smallest absolute Gasteiger partial charge is 0.103 e. The van der Waals surface area contributed by atoms with Crippen LogP contribution in [0.1, 0.15) is 31.2 Å². The molecule has 15 heavy (non-hydrogen) atoms. The number of hydrogen-bond acceptors (Lipinski definition) is 4. The van der Waals surface area contributed by atoms with E-state index in [1.165, 1.54) is 0 Å². The van der Waals surface area contributed by atoms with E-state index in [-0.39, 0.29) is 18.7 Å². The van der Waals surface area contributed by atoms with Crippen molar-refractivity contribution in [3.63, 3.8) is 0 Å². The predicted molar refractivity (Wildman–Crippen MR) is 63.0 cm³/mol. The third-order valence-electron chi connectivity index (χ3n) is 2.52. The van der Waals surface area contributed by atoms with Crippen molar-refractivity contribution in [1.82, 2.24) is 5.32 Å².